The Kier molecular flexibility index (Phi) is 9.14. The predicted molar refractivity (Wildman–Crippen MR) is 180 cm³/mol. The summed E-state index contributed by atoms with van der Waals surface area (Å²) in [7, 11) is -4.17. The molecule has 5 aromatic rings. The van der Waals surface area contributed by atoms with Gasteiger partial charge in [0.2, 0.25) is 5.91 Å². The van der Waals surface area contributed by atoms with Gasteiger partial charge in [0.25, 0.3) is 16.0 Å². The molecule has 0 saturated carbocycles. The molecule has 0 radical (unpaired) electrons. The van der Waals surface area contributed by atoms with Crippen LogP contribution in [-0.4, -0.2) is 37.1 Å². The van der Waals surface area contributed by atoms with Gasteiger partial charge in [-0.1, -0.05) is 60.7 Å². The molecular formula is C37H34N2O6S. The number of hydrogen-bond acceptors (Lipinski definition) is 5. The second-order valence-electron chi connectivity index (χ2n) is 11.5. The summed E-state index contributed by atoms with van der Waals surface area (Å²) in [6.45, 7) is -0.201. The highest BCUT2D eigenvalue weighted by Gasteiger charge is 2.22. The Morgan fingerprint density at radius 2 is 1.59 bits per heavy atom. The van der Waals surface area contributed by atoms with E-state index in [0.717, 1.165) is 52.7 Å². The molecule has 0 bridgehead atoms. The monoisotopic (exact) mass is 634 g/mol. The SMILES string of the molecule is O=C(NCCS(=O)(=O)O)c1ccc(CC(C(=O)Nc2ccc(-c3cc4ccccc4o3)cc2)c2ccc(C3=CCCC3)cc2)cc1. The quantitative estimate of drug-likeness (QED) is 0.131. The smallest absolute Gasteiger partial charge is 0.266 e. The van der Waals surface area contributed by atoms with E-state index in [0.29, 0.717) is 17.7 Å². The fourth-order valence-electron chi connectivity index (χ4n) is 5.72. The van der Waals surface area contributed by atoms with Crippen molar-refractivity contribution in [1.29, 1.82) is 0 Å². The van der Waals surface area contributed by atoms with E-state index >= 15 is 0 Å². The Bertz CT molecular complexity index is 1960. The van der Waals surface area contributed by atoms with E-state index in [9.17, 15) is 18.0 Å². The van der Waals surface area contributed by atoms with Crippen molar-refractivity contribution >= 4 is 44.2 Å². The average Bonchev–Trinajstić information content (AvgIpc) is 3.75. The zero-order valence-corrected chi connectivity index (χ0v) is 25.9. The minimum absolute atomic E-state index is 0.156. The molecule has 0 aliphatic heterocycles. The van der Waals surface area contributed by atoms with Gasteiger partial charge in [-0.3, -0.25) is 14.1 Å². The fraction of sp³-hybridized carbons (Fsp3) is 0.189. The van der Waals surface area contributed by atoms with E-state index in [4.69, 9.17) is 8.97 Å². The van der Waals surface area contributed by atoms with Gasteiger partial charge in [0, 0.05) is 28.7 Å². The first-order chi connectivity index (χ1) is 22.2. The Morgan fingerprint density at radius 1 is 0.870 bits per heavy atom. The number of carbonyl (C=O) groups excluding carboxylic acids is 2. The van der Waals surface area contributed by atoms with Crippen molar-refractivity contribution in [2.45, 2.75) is 31.6 Å². The molecule has 1 aliphatic rings. The van der Waals surface area contributed by atoms with Gasteiger partial charge in [-0.25, -0.2) is 0 Å². The summed E-state index contributed by atoms with van der Waals surface area (Å²) in [5.41, 5.74) is 6.98. The highest BCUT2D eigenvalue weighted by Crippen LogP contribution is 2.31. The third-order valence-corrected chi connectivity index (χ3v) is 8.93. The van der Waals surface area contributed by atoms with Crippen LogP contribution in [0.25, 0.3) is 27.9 Å². The van der Waals surface area contributed by atoms with E-state index in [1.165, 1.54) is 11.1 Å². The third-order valence-electron chi connectivity index (χ3n) is 8.21. The van der Waals surface area contributed by atoms with E-state index in [1.807, 2.05) is 66.7 Å². The van der Waals surface area contributed by atoms with Crippen LogP contribution in [0.5, 0.6) is 0 Å². The van der Waals surface area contributed by atoms with Crippen molar-refractivity contribution in [2.24, 2.45) is 0 Å². The van der Waals surface area contributed by atoms with Crippen molar-refractivity contribution < 1.29 is 27.0 Å². The molecule has 9 heteroatoms. The predicted octanol–water partition coefficient (Wildman–Crippen LogP) is 7.25. The van der Waals surface area contributed by atoms with Crippen molar-refractivity contribution in [1.82, 2.24) is 5.32 Å². The Labute approximate surface area is 267 Å². The van der Waals surface area contributed by atoms with Gasteiger partial charge < -0.3 is 15.1 Å². The number of rotatable bonds is 11. The summed E-state index contributed by atoms with van der Waals surface area (Å²) in [5.74, 6) is -0.920. The number of hydrogen-bond donors (Lipinski definition) is 3. The van der Waals surface area contributed by atoms with Crippen molar-refractivity contribution in [2.75, 3.05) is 17.6 Å². The van der Waals surface area contributed by atoms with Crippen LogP contribution in [0.4, 0.5) is 5.69 Å². The molecule has 0 spiro atoms. The molecule has 8 nitrogen and oxygen atoms in total. The summed E-state index contributed by atoms with van der Waals surface area (Å²) in [6, 6.07) is 32.5. The minimum Gasteiger partial charge on any atom is -0.456 e. The maximum Gasteiger partial charge on any atom is 0.266 e. The van der Waals surface area contributed by atoms with Crippen LogP contribution in [0, 0.1) is 0 Å². The van der Waals surface area contributed by atoms with E-state index < -0.39 is 27.7 Å². The summed E-state index contributed by atoms with van der Waals surface area (Å²) in [5, 5.41) is 6.60. The maximum atomic E-state index is 13.8. The first-order valence-electron chi connectivity index (χ1n) is 15.2. The maximum absolute atomic E-state index is 13.8. The molecular weight excluding hydrogens is 600 g/mol. The molecule has 3 N–H and O–H groups in total. The van der Waals surface area contributed by atoms with Gasteiger partial charge in [-0.2, -0.15) is 8.42 Å². The topological polar surface area (TPSA) is 126 Å². The largest absolute Gasteiger partial charge is 0.456 e. The molecule has 6 rings (SSSR count). The number of anilines is 1. The number of para-hydroxylation sites is 1. The van der Waals surface area contributed by atoms with Crippen LogP contribution in [0.1, 0.15) is 52.2 Å². The second kappa shape index (κ2) is 13.6. The fourth-order valence-corrected chi connectivity index (χ4v) is 6.08. The van der Waals surface area contributed by atoms with Crippen LogP contribution in [0.3, 0.4) is 0 Å². The first kappa shape index (κ1) is 31.0. The second-order valence-corrected chi connectivity index (χ2v) is 13.0. The molecule has 234 valence electrons. The van der Waals surface area contributed by atoms with Crippen molar-refractivity contribution in [3.05, 3.63) is 131 Å². The number of allylic oxidation sites excluding steroid dienone is 2. The lowest BCUT2D eigenvalue weighted by molar-refractivity contribution is -0.117. The number of nitrogens with one attached hydrogen (secondary N) is 2. The van der Waals surface area contributed by atoms with Crippen LogP contribution >= 0.6 is 0 Å². The number of carbonyl (C=O) groups is 2. The van der Waals surface area contributed by atoms with Gasteiger partial charge in [0.05, 0.1) is 11.7 Å². The highest BCUT2D eigenvalue weighted by molar-refractivity contribution is 7.85. The van der Waals surface area contributed by atoms with Gasteiger partial charge in [-0.15, -0.1) is 0 Å². The molecule has 46 heavy (non-hydrogen) atoms. The van der Waals surface area contributed by atoms with Crippen molar-refractivity contribution in [3.8, 4) is 11.3 Å². The van der Waals surface area contributed by atoms with Crippen LogP contribution in [0.15, 0.2) is 114 Å². The molecule has 4 aromatic carbocycles. The minimum atomic E-state index is -4.17. The molecule has 1 aliphatic carbocycles. The number of fused-ring (bicyclic) bond motifs is 1. The lowest BCUT2D eigenvalue weighted by atomic mass is 9.89. The van der Waals surface area contributed by atoms with Gasteiger partial charge in [0.1, 0.15) is 11.3 Å². The molecule has 1 heterocycles. The zero-order chi connectivity index (χ0) is 32.1. The summed E-state index contributed by atoms with van der Waals surface area (Å²) in [6.07, 6.45) is 5.98. The van der Waals surface area contributed by atoms with Gasteiger partial charge >= 0.3 is 0 Å². The molecule has 0 fully saturated rings. The van der Waals surface area contributed by atoms with E-state index in [1.54, 1.807) is 24.3 Å². The molecule has 2 amide bonds. The van der Waals surface area contributed by atoms with Crippen molar-refractivity contribution in [3.63, 3.8) is 0 Å². The third kappa shape index (κ3) is 7.62. The normalized spacial score (nSPS) is 13.7. The number of furan rings is 1. The lowest BCUT2D eigenvalue weighted by Crippen LogP contribution is -2.28. The van der Waals surface area contributed by atoms with E-state index in [2.05, 4.69) is 28.8 Å². The first-order valence-corrected chi connectivity index (χ1v) is 16.8. The van der Waals surface area contributed by atoms with E-state index in [-0.39, 0.29) is 12.5 Å². The Morgan fingerprint density at radius 3 is 2.26 bits per heavy atom. The molecule has 1 atom stereocenters. The summed E-state index contributed by atoms with van der Waals surface area (Å²) < 4.78 is 36.8. The highest BCUT2D eigenvalue weighted by atomic mass is 32.2. The van der Waals surface area contributed by atoms with Gasteiger partial charge in [-0.05, 0) is 96.5 Å². The molecule has 1 unspecified atom stereocenters. The molecule has 1 aromatic heterocycles. The standard InChI is InChI=1S/C37H34N2O6S/c40-36(38-21-22-46(42,43)44)30-11-9-25(10-12-30)23-33(28-15-13-27(14-16-28)26-5-1-2-6-26)37(41)39-32-19-17-29(18-20-32)35-24-31-7-3-4-8-34(31)45-35/h3-5,7-20,24,33H,1-2,6,21-23H2,(H,38,40)(H,39,41)(H,42,43,44). The number of amides is 2. The van der Waals surface area contributed by atoms with Gasteiger partial charge in [0.15, 0.2) is 0 Å². The molecule has 0 saturated heterocycles. The lowest BCUT2D eigenvalue weighted by Gasteiger charge is -2.19. The van der Waals surface area contributed by atoms with Crippen LogP contribution in [-0.2, 0) is 21.3 Å². The summed E-state index contributed by atoms with van der Waals surface area (Å²) in [4.78, 5) is 26.3. The van der Waals surface area contributed by atoms with Crippen LogP contribution < -0.4 is 10.6 Å². The average molecular weight is 635 g/mol. The summed E-state index contributed by atoms with van der Waals surface area (Å²) >= 11 is 0. The zero-order valence-electron chi connectivity index (χ0n) is 25.1. The Balaban J connectivity index is 1.19. The Hall–Kier alpha value is -4.99. The number of benzene rings is 4. The van der Waals surface area contributed by atoms with Crippen LogP contribution in [0.2, 0.25) is 0 Å².